The van der Waals surface area contributed by atoms with E-state index < -0.39 is 0 Å². The van der Waals surface area contributed by atoms with Crippen LogP contribution in [0.2, 0.25) is 0 Å². The number of nitrogen functional groups attached to an aromatic ring is 1. The quantitative estimate of drug-likeness (QED) is 0.870. The zero-order chi connectivity index (χ0) is 15.2. The molecule has 0 bridgehead atoms. The van der Waals surface area contributed by atoms with Gasteiger partial charge in [0.1, 0.15) is 5.82 Å². The van der Waals surface area contributed by atoms with Crippen LogP contribution in [-0.2, 0) is 4.74 Å². The summed E-state index contributed by atoms with van der Waals surface area (Å²) in [4.78, 5) is 11.0. The molecule has 2 aromatic heterocycles. The van der Waals surface area contributed by atoms with Crippen molar-refractivity contribution in [1.29, 1.82) is 0 Å². The van der Waals surface area contributed by atoms with E-state index in [0.29, 0.717) is 5.69 Å². The minimum atomic E-state index is 0.666. The van der Waals surface area contributed by atoms with E-state index in [4.69, 9.17) is 10.5 Å². The second-order valence-corrected chi connectivity index (χ2v) is 5.25. The highest BCUT2D eigenvalue weighted by Crippen LogP contribution is 2.22. The molecule has 2 aromatic rings. The fourth-order valence-electron chi connectivity index (χ4n) is 2.45. The fraction of sp³-hybridized carbons (Fsp3) is 0.375. The minimum Gasteiger partial charge on any atom is -0.396 e. The second kappa shape index (κ2) is 7.20. The molecule has 0 saturated carbocycles. The van der Waals surface area contributed by atoms with Crippen molar-refractivity contribution in [2.45, 2.75) is 0 Å². The van der Waals surface area contributed by atoms with Gasteiger partial charge in [0.2, 0.25) is 0 Å². The number of pyridine rings is 2. The number of nitrogens with two attached hydrogens (primary N) is 1. The first-order chi connectivity index (χ1) is 10.8. The van der Waals surface area contributed by atoms with Gasteiger partial charge in [0.25, 0.3) is 0 Å². The standard InChI is InChI=1S/C16H21N5O/c17-14-1-2-15(13-3-5-18-6-4-13)20-16(14)19-7-8-21-9-11-22-12-10-21/h1-6H,7-12,17H2,(H,19,20). The first-order valence-electron chi connectivity index (χ1n) is 7.54. The van der Waals surface area contributed by atoms with Crippen molar-refractivity contribution < 1.29 is 4.74 Å². The summed E-state index contributed by atoms with van der Waals surface area (Å²) in [6.45, 7) is 5.39. The van der Waals surface area contributed by atoms with E-state index >= 15 is 0 Å². The molecule has 0 unspecified atom stereocenters. The van der Waals surface area contributed by atoms with Crippen LogP contribution < -0.4 is 11.1 Å². The maximum absolute atomic E-state index is 6.02. The maximum atomic E-state index is 6.02. The molecule has 116 valence electrons. The molecule has 1 aliphatic heterocycles. The Bertz CT molecular complexity index is 599. The first kappa shape index (κ1) is 14.7. The number of anilines is 2. The Balaban J connectivity index is 1.63. The number of hydrogen-bond donors (Lipinski definition) is 2. The third-order valence-electron chi connectivity index (χ3n) is 3.73. The van der Waals surface area contributed by atoms with Crippen molar-refractivity contribution in [3.05, 3.63) is 36.7 Å². The fourth-order valence-corrected chi connectivity index (χ4v) is 2.45. The molecule has 0 aromatic carbocycles. The summed E-state index contributed by atoms with van der Waals surface area (Å²) in [6, 6.07) is 7.70. The largest absolute Gasteiger partial charge is 0.396 e. The lowest BCUT2D eigenvalue weighted by atomic mass is 10.2. The average molecular weight is 299 g/mol. The average Bonchev–Trinajstić information content (AvgIpc) is 2.58. The Kier molecular flexibility index (Phi) is 4.82. The van der Waals surface area contributed by atoms with Gasteiger partial charge in [-0.25, -0.2) is 4.98 Å². The molecular formula is C16H21N5O. The number of nitrogens with one attached hydrogen (secondary N) is 1. The van der Waals surface area contributed by atoms with Crippen LogP contribution >= 0.6 is 0 Å². The van der Waals surface area contributed by atoms with E-state index in [9.17, 15) is 0 Å². The van der Waals surface area contributed by atoms with Crippen LogP contribution in [0.1, 0.15) is 0 Å². The minimum absolute atomic E-state index is 0.666. The van der Waals surface area contributed by atoms with Crippen molar-refractivity contribution in [2.75, 3.05) is 50.4 Å². The van der Waals surface area contributed by atoms with Gasteiger partial charge in [-0.05, 0) is 24.3 Å². The van der Waals surface area contributed by atoms with Crippen LogP contribution in [-0.4, -0.2) is 54.3 Å². The van der Waals surface area contributed by atoms with Crippen LogP contribution in [0.5, 0.6) is 0 Å². The summed E-state index contributed by atoms with van der Waals surface area (Å²) in [5.74, 6) is 0.738. The monoisotopic (exact) mass is 299 g/mol. The summed E-state index contributed by atoms with van der Waals surface area (Å²) in [7, 11) is 0. The molecule has 6 nitrogen and oxygen atoms in total. The lowest BCUT2D eigenvalue weighted by Crippen LogP contribution is -2.39. The molecule has 0 spiro atoms. The lowest BCUT2D eigenvalue weighted by molar-refractivity contribution is 0.0398. The van der Waals surface area contributed by atoms with Gasteiger partial charge >= 0.3 is 0 Å². The van der Waals surface area contributed by atoms with Gasteiger partial charge in [-0.3, -0.25) is 9.88 Å². The molecular weight excluding hydrogens is 278 g/mol. The lowest BCUT2D eigenvalue weighted by Gasteiger charge is -2.26. The molecule has 0 amide bonds. The Hall–Kier alpha value is -2.18. The predicted molar refractivity (Wildman–Crippen MR) is 87.6 cm³/mol. The molecule has 6 heteroatoms. The van der Waals surface area contributed by atoms with Gasteiger partial charge in [-0.2, -0.15) is 0 Å². The summed E-state index contributed by atoms with van der Waals surface area (Å²) < 4.78 is 5.35. The van der Waals surface area contributed by atoms with Crippen LogP contribution in [0.15, 0.2) is 36.7 Å². The zero-order valence-corrected chi connectivity index (χ0v) is 12.5. The van der Waals surface area contributed by atoms with Crippen molar-refractivity contribution in [3.8, 4) is 11.3 Å². The SMILES string of the molecule is Nc1ccc(-c2ccncc2)nc1NCCN1CCOCC1. The number of hydrogen-bond acceptors (Lipinski definition) is 6. The van der Waals surface area contributed by atoms with E-state index in [1.54, 1.807) is 12.4 Å². The van der Waals surface area contributed by atoms with Crippen molar-refractivity contribution in [3.63, 3.8) is 0 Å². The van der Waals surface area contributed by atoms with Crippen molar-refractivity contribution in [2.24, 2.45) is 0 Å². The van der Waals surface area contributed by atoms with E-state index in [2.05, 4.69) is 20.2 Å². The van der Waals surface area contributed by atoms with Gasteiger partial charge in [0.05, 0.1) is 24.6 Å². The molecule has 1 saturated heterocycles. The van der Waals surface area contributed by atoms with Gasteiger partial charge in [-0.1, -0.05) is 0 Å². The van der Waals surface area contributed by atoms with Gasteiger partial charge in [0.15, 0.2) is 0 Å². The number of nitrogens with zero attached hydrogens (tertiary/aromatic N) is 3. The first-order valence-corrected chi connectivity index (χ1v) is 7.54. The Morgan fingerprint density at radius 3 is 2.68 bits per heavy atom. The smallest absolute Gasteiger partial charge is 0.149 e. The van der Waals surface area contributed by atoms with E-state index in [1.807, 2.05) is 24.3 Å². The van der Waals surface area contributed by atoms with Gasteiger partial charge < -0.3 is 15.8 Å². The number of aromatic nitrogens is 2. The summed E-state index contributed by atoms with van der Waals surface area (Å²) in [5.41, 5.74) is 8.61. The molecule has 3 N–H and O–H groups in total. The third-order valence-corrected chi connectivity index (χ3v) is 3.73. The maximum Gasteiger partial charge on any atom is 0.149 e. The van der Waals surface area contributed by atoms with Crippen LogP contribution in [0, 0.1) is 0 Å². The summed E-state index contributed by atoms with van der Waals surface area (Å²) >= 11 is 0. The molecule has 1 fully saturated rings. The summed E-state index contributed by atoms with van der Waals surface area (Å²) in [5, 5.41) is 3.34. The Morgan fingerprint density at radius 2 is 1.91 bits per heavy atom. The van der Waals surface area contributed by atoms with Crippen molar-refractivity contribution >= 4 is 11.5 Å². The zero-order valence-electron chi connectivity index (χ0n) is 12.5. The molecule has 0 aliphatic carbocycles. The van der Waals surface area contributed by atoms with Crippen LogP contribution in [0.3, 0.4) is 0 Å². The molecule has 1 aliphatic rings. The van der Waals surface area contributed by atoms with Gasteiger partial charge in [0, 0.05) is 44.1 Å². The molecule has 3 rings (SSSR count). The van der Waals surface area contributed by atoms with Crippen LogP contribution in [0.25, 0.3) is 11.3 Å². The number of morpholine rings is 1. The second-order valence-electron chi connectivity index (χ2n) is 5.25. The van der Waals surface area contributed by atoms with Crippen molar-refractivity contribution in [1.82, 2.24) is 14.9 Å². The number of ether oxygens (including phenoxy) is 1. The Morgan fingerprint density at radius 1 is 1.14 bits per heavy atom. The van der Waals surface area contributed by atoms with Crippen LogP contribution in [0.4, 0.5) is 11.5 Å². The van der Waals surface area contributed by atoms with E-state index in [-0.39, 0.29) is 0 Å². The molecule has 0 atom stereocenters. The predicted octanol–water partition coefficient (Wildman–Crippen LogP) is 1.47. The highest BCUT2D eigenvalue weighted by Gasteiger charge is 2.10. The van der Waals surface area contributed by atoms with Gasteiger partial charge in [-0.15, -0.1) is 0 Å². The highest BCUT2D eigenvalue weighted by atomic mass is 16.5. The molecule has 0 radical (unpaired) electrons. The molecule has 22 heavy (non-hydrogen) atoms. The third kappa shape index (κ3) is 3.72. The summed E-state index contributed by atoms with van der Waals surface area (Å²) in [6.07, 6.45) is 3.53. The topological polar surface area (TPSA) is 76.3 Å². The highest BCUT2D eigenvalue weighted by molar-refractivity contribution is 5.68. The normalized spacial score (nSPS) is 15.6. The van der Waals surface area contributed by atoms with E-state index in [1.165, 1.54) is 0 Å². The van der Waals surface area contributed by atoms with E-state index in [0.717, 1.165) is 56.5 Å². The number of rotatable bonds is 5. The Labute approximate surface area is 130 Å². The molecule has 3 heterocycles.